The normalized spacial score (nSPS) is 12.6. The van der Waals surface area contributed by atoms with Crippen molar-refractivity contribution >= 4 is 10.0 Å². The van der Waals surface area contributed by atoms with E-state index in [0.29, 0.717) is 12.2 Å². The number of sulfonamides is 1. The van der Waals surface area contributed by atoms with E-state index in [1.165, 1.54) is 4.31 Å². The Balaban J connectivity index is 3.15. The Morgan fingerprint density at radius 2 is 1.90 bits per heavy atom. The maximum Gasteiger partial charge on any atom is 0.244 e. The summed E-state index contributed by atoms with van der Waals surface area (Å²) in [7, 11) is -1.86. The summed E-state index contributed by atoms with van der Waals surface area (Å²) in [6, 6.07) is 1.58. The molecule has 20 heavy (non-hydrogen) atoms. The van der Waals surface area contributed by atoms with Crippen LogP contribution in [0.3, 0.4) is 0 Å². The van der Waals surface area contributed by atoms with E-state index >= 15 is 0 Å². The minimum Gasteiger partial charge on any atom is -0.390 e. The highest BCUT2D eigenvalue weighted by atomic mass is 32.2. The van der Waals surface area contributed by atoms with E-state index in [2.05, 4.69) is 0 Å². The van der Waals surface area contributed by atoms with Crippen LogP contribution >= 0.6 is 0 Å². The molecule has 1 heterocycles. The molecule has 0 saturated carbocycles. The van der Waals surface area contributed by atoms with Gasteiger partial charge in [0.1, 0.15) is 4.90 Å². The molecule has 0 aromatic carbocycles. The number of aliphatic hydroxyl groups is 1. The molecule has 0 aliphatic carbocycles. The number of nitrogens with zero attached hydrogens (tertiary/aromatic N) is 2. The van der Waals surface area contributed by atoms with Crippen LogP contribution in [0.25, 0.3) is 0 Å². The fraction of sp³-hybridized carbons (Fsp3) is 0.714. The van der Waals surface area contributed by atoms with E-state index in [4.69, 9.17) is 0 Å². The van der Waals surface area contributed by atoms with Crippen LogP contribution in [0, 0.1) is 0 Å². The molecule has 116 valence electrons. The first-order chi connectivity index (χ1) is 9.42. The second-order valence-corrected chi connectivity index (χ2v) is 7.01. The molecule has 0 bridgehead atoms. The number of aromatic nitrogens is 1. The van der Waals surface area contributed by atoms with Crippen LogP contribution in [-0.4, -0.2) is 35.5 Å². The average Bonchev–Trinajstić information content (AvgIpc) is 2.84. The fourth-order valence-corrected chi connectivity index (χ4v) is 3.98. The third-order valence-corrected chi connectivity index (χ3v) is 5.60. The zero-order chi connectivity index (χ0) is 15.3. The standard InChI is InChI=1S/C14H26N2O3S/c1-5-8-16-10-14(9-13(16)11-17)20(18,19)15(4)12(6-2)7-3/h9-10,12,17H,5-8,11H2,1-4H3. The minimum absolute atomic E-state index is 0.00658. The zero-order valence-corrected chi connectivity index (χ0v) is 13.7. The van der Waals surface area contributed by atoms with Gasteiger partial charge in [0, 0.05) is 31.5 Å². The molecular formula is C14H26N2O3S. The smallest absolute Gasteiger partial charge is 0.244 e. The van der Waals surface area contributed by atoms with Crippen LogP contribution in [-0.2, 0) is 23.2 Å². The molecular weight excluding hydrogens is 276 g/mol. The average molecular weight is 302 g/mol. The van der Waals surface area contributed by atoms with Crippen LogP contribution in [0.1, 0.15) is 45.7 Å². The lowest BCUT2D eigenvalue weighted by atomic mass is 10.2. The van der Waals surface area contributed by atoms with Crippen molar-refractivity contribution in [2.45, 2.75) is 64.1 Å². The number of hydrogen-bond acceptors (Lipinski definition) is 3. The van der Waals surface area contributed by atoms with Crippen molar-refractivity contribution in [1.29, 1.82) is 0 Å². The van der Waals surface area contributed by atoms with Crippen molar-refractivity contribution in [3.63, 3.8) is 0 Å². The SMILES string of the molecule is CCCn1cc(S(=O)(=O)N(C)C(CC)CC)cc1CO. The molecule has 0 atom stereocenters. The first-order valence-electron chi connectivity index (χ1n) is 7.20. The van der Waals surface area contributed by atoms with Crippen molar-refractivity contribution in [3.8, 4) is 0 Å². The van der Waals surface area contributed by atoms with Crippen molar-refractivity contribution in [2.75, 3.05) is 7.05 Å². The van der Waals surface area contributed by atoms with Gasteiger partial charge in [-0.05, 0) is 25.3 Å². The van der Waals surface area contributed by atoms with E-state index in [1.54, 1.807) is 19.3 Å². The molecule has 5 nitrogen and oxygen atoms in total. The monoisotopic (exact) mass is 302 g/mol. The highest BCUT2D eigenvalue weighted by Crippen LogP contribution is 2.22. The summed E-state index contributed by atoms with van der Waals surface area (Å²) >= 11 is 0. The largest absolute Gasteiger partial charge is 0.390 e. The predicted molar refractivity (Wildman–Crippen MR) is 80.0 cm³/mol. The first-order valence-corrected chi connectivity index (χ1v) is 8.64. The molecule has 1 rings (SSSR count). The molecule has 0 unspecified atom stereocenters. The number of aliphatic hydroxyl groups excluding tert-OH is 1. The summed E-state index contributed by atoms with van der Waals surface area (Å²) in [6.07, 6.45) is 4.09. The molecule has 0 aliphatic rings. The Morgan fingerprint density at radius 1 is 1.30 bits per heavy atom. The first kappa shape index (κ1) is 17.2. The second kappa shape index (κ2) is 7.24. The van der Waals surface area contributed by atoms with Crippen LogP contribution in [0.2, 0.25) is 0 Å². The molecule has 0 amide bonds. The molecule has 1 aromatic heterocycles. The Labute approximate surface area is 122 Å². The van der Waals surface area contributed by atoms with E-state index < -0.39 is 10.0 Å². The molecule has 0 aliphatic heterocycles. The van der Waals surface area contributed by atoms with Gasteiger partial charge in [-0.2, -0.15) is 4.31 Å². The van der Waals surface area contributed by atoms with E-state index in [0.717, 1.165) is 19.3 Å². The van der Waals surface area contributed by atoms with Crippen molar-refractivity contribution in [1.82, 2.24) is 8.87 Å². The van der Waals surface area contributed by atoms with Crippen LogP contribution in [0.15, 0.2) is 17.2 Å². The third kappa shape index (κ3) is 3.42. The summed E-state index contributed by atoms with van der Waals surface area (Å²) in [5.74, 6) is 0. The quantitative estimate of drug-likeness (QED) is 0.801. The molecule has 0 fully saturated rings. The number of rotatable bonds is 8. The van der Waals surface area contributed by atoms with Crippen molar-refractivity contribution in [3.05, 3.63) is 18.0 Å². The summed E-state index contributed by atoms with van der Waals surface area (Å²) in [5, 5.41) is 9.33. The lowest BCUT2D eigenvalue weighted by Crippen LogP contribution is -2.36. The molecule has 0 spiro atoms. The summed E-state index contributed by atoms with van der Waals surface area (Å²) < 4.78 is 28.5. The van der Waals surface area contributed by atoms with Gasteiger partial charge in [0.2, 0.25) is 10.0 Å². The third-order valence-electron chi connectivity index (χ3n) is 3.72. The van der Waals surface area contributed by atoms with Crippen LogP contribution < -0.4 is 0 Å². The van der Waals surface area contributed by atoms with Gasteiger partial charge in [0.25, 0.3) is 0 Å². The van der Waals surface area contributed by atoms with Gasteiger partial charge in [-0.25, -0.2) is 8.42 Å². The van der Waals surface area contributed by atoms with E-state index in [9.17, 15) is 13.5 Å². The Bertz CT molecular complexity index is 519. The maximum atomic E-state index is 12.6. The van der Waals surface area contributed by atoms with Gasteiger partial charge in [-0.1, -0.05) is 20.8 Å². The number of hydrogen-bond donors (Lipinski definition) is 1. The second-order valence-electron chi connectivity index (χ2n) is 5.01. The zero-order valence-electron chi connectivity index (χ0n) is 12.8. The van der Waals surface area contributed by atoms with Gasteiger partial charge in [0.15, 0.2) is 0 Å². The Kier molecular flexibility index (Phi) is 6.23. The Morgan fingerprint density at radius 3 is 2.35 bits per heavy atom. The summed E-state index contributed by atoms with van der Waals surface area (Å²) in [6.45, 7) is 6.55. The topological polar surface area (TPSA) is 62.5 Å². The molecule has 0 radical (unpaired) electrons. The Hall–Kier alpha value is -0.850. The van der Waals surface area contributed by atoms with Gasteiger partial charge < -0.3 is 9.67 Å². The van der Waals surface area contributed by atoms with Gasteiger partial charge in [-0.15, -0.1) is 0 Å². The van der Waals surface area contributed by atoms with Gasteiger partial charge >= 0.3 is 0 Å². The molecule has 0 saturated heterocycles. The van der Waals surface area contributed by atoms with E-state index in [1.807, 2.05) is 25.3 Å². The fourth-order valence-electron chi connectivity index (χ4n) is 2.41. The summed E-state index contributed by atoms with van der Waals surface area (Å²) in [4.78, 5) is 0.268. The molecule has 1 aromatic rings. The van der Waals surface area contributed by atoms with Crippen molar-refractivity contribution < 1.29 is 13.5 Å². The summed E-state index contributed by atoms with van der Waals surface area (Å²) in [5.41, 5.74) is 0.642. The minimum atomic E-state index is -3.49. The van der Waals surface area contributed by atoms with Gasteiger partial charge in [0.05, 0.1) is 6.61 Å². The van der Waals surface area contributed by atoms with E-state index in [-0.39, 0.29) is 17.5 Å². The highest BCUT2D eigenvalue weighted by molar-refractivity contribution is 7.89. The van der Waals surface area contributed by atoms with Gasteiger partial charge in [-0.3, -0.25) is 0 Å². The predicted octanol–water partition coefficient (Wildman–Crippen LogP) is 2.20. The molecule has 1 N–H and O–H groups in total. The van der Waals surface area contributed by atoms with Crippen LogP contribution in [0.4, 0.5) is 0 Å². The van der Waals surface area contributed by atoms with Crippen LogP contribution in [0.5, 0.6) is 0 Å². The lowest BCUT2D eigenvalue weighted by molar-refractivity contribution is 0.270. The lowest BCUT2D eigenvalue weighted by Gasteiger charge is -2.24. The molecule has 6 heteroatoms. The number of aryl methyl sites for hydroxylation is 1. The highest BCUT2D eigenvalue weighted by Gasteiger charge is 2.27. The maximum absolute atomic E-state index is 12.6. The van der Waals surface area contributed by atoms with Crippen molar-refractivity contribution in [2.24, 2.45) is 0 Å².